The van der Waals surface area contributed by atoms with Crippen molar-refractivity contribution in [1.29, 1.82) is 0 Å². The molecule has 0 N–H and O–H groups in total. The monoisotopic (exact) mass is 671 g/mol. The maximum Gasteiger partial charge on any atom is 0.338 e. The van der Waals surface area contributed by atoms with Gasteiger partial charge in [0.1, 0.15) is 16.3 Å². The number of hydrogen-bond acceptors (Lipinski definition) is 7. The minimum absolute atomic E-state index is 0.168. The number of nitrogens with zero attached hydrogens (tertiary/aromatic N) is 3. The summed E-state index contributed by atoms with van der Waals surface area (Å²) >= 11 is 4.72. The number of aromatic nitrogens is 1. The highest BCUT2D eigenvalue weighted by Crippen LogP contribution is 2.39. The first-order chi connectivity index (χ1) is 21.4. The van der Waals surface area contributed by atoms with Gasteiger partial charge in [0.15, 0.2) is 4.80 Å². The number of fused-ring (bicyclic) bond motifs is 2. The standard InChI is InChI=1S/C34H30BrN3O5S/c1-4-11-24-28(33(41)43-5-2)29(23-18-21(35)16-17-26(23)42-3)38-32(40)30(44-34(38)36-24)27-22-14-9-10-15-25(22)37(31(27)39)19-20-12-7-6-8-13-20/h6-10,12-18,29H,4-5,11,19H2,1-3H3/b30-27+/t29-/m0/s1. The van der Waals surface area contributed by atoms with Crippen molar-refractivity contribution < 1.29 is 19.1 Å². The zero-order chi connectivity index (χ0) is 31.0. The molecule has 0 fully saturated rings. The minimum Gasteiger partial charge on any atom is -0.496 e. The molecule has 1 atom stereocenters. The third-order valence-electron chi connectivity index (χ3n) is 7.69. The molecule has 44 heavy (non-hydrogen) atoms. The molecule has 4 aromatic rings. The summed E-state index contributed by atoms with van der Waals surface area (Å²) in [5, 5.41) is 0. The lowest BCUT2D eigenvalue weighted by Crippen LogP contribution is -2.41. The van der Waals surface area contributed by atoms with Crippen LogP contribution in [0.1, 0.15) is 49.4 Å². The third-order valence-corrected chi connectivity index (χ3v) is 9.23. The lowest BCUT2D eigenvalue weighted by molar-refractivity contribution is -0.139. The van der Waals surface area contributed by atoms with Gasteiger partial charge in [-0.1, -0.05) is 89.1 Å². The SMILES string of the molecule is CCCC1=C(C(=O)OCC)[C@H](c2cc(Br)ccc2OC)n2c(s/c(=C3/C(=O)N(Cc4ccccc4)c4ccccc43)c2=O)=N1. The van der Waals surface area contributed by atoms with Crippen molar-refractivity contribution in [3.8, 4) is 5.75 Å². The van der Waals surface area contributed by atoms with Crippen molar-refractivity contribution in [2.45, 2.75) is 39.3 Å². The molecule has 8 nitrogen and oxygen atoms in total. The van der Waals surface area contributed by atoms with Crippen LogP contribution in [0.2, 0.25) is 0 Å². The van der Waals surface area contributed by atoms with E-state index in [2.05, 4.69) is 15.9 Å². The number of esters is 1. The van der Waals surface area contributed by atoms with Crippen LogP contribution in [0, 0.1) is 0 Å². The molecule has 0 aliphatic carbocycles. The Bertz CT molecular complexity index is 2000. The number of amides is 1. The van der Waals surface area contributed by atoms with Crippen LogP contribution >= 0.6 is 27.3 Å². The Balaban J connectivity index is 1.64. The zero-order valence-corrected chi connectivity index (χ0v) is 26.9. The van der Waals surface area contributed by atoms with Gasteiger partial charge in [-0.25, -0.2) is 9.79 Å². The molecule has 10 heteroatoms. The van der Waals surface area contributed by atoms with E-state index in [1.165, 1.54) is 15.9 Å². The van der Waals surface area contributed by atoms with Crippen LogP contribution in [0.3, 0.4) is 0 Å². The topological polar surface area (TPSA) is 90.2 Å². The second kappa shape index (κ2) is 12.4. The Hall–Kier alpha value is -4.28. The van der Waals surface area contributed by atoms with E-state index >= 15 is 0 Å². The Morgan fingerprint density at radius 1 is 1.02 bits per heavy atom. The van der Waals surface area contributed by atoms with Crippen LogP contribution in [0.15, 0.2) is 98.3 Å². The average Bonchev–Trinajstić information content (AvgIpc) is 3.49. The van der Waals surface area contributed by atoms with Gasteiger partial charge < -0.3 is 14.4 Å². The molecule has 3 heterocycles. The fraction of sp³-hybridized carbons (Fsp3) is 0.235. The van der Waals surface area contributed by atoms with E-state index < -0.39 is 17.6 Å². The normalized spacial score (nSPS) is 16.9. The van der Waals surface area contributed by atoms with Gasteiger partial charge in [-0.15, -0.1) is 0 Å². The number of methoxy groups -OCH3 is 1. The highest BCUT2D eigenvalue weighted by Gasteiger charge is 2.38. The maximum absolute atomic E-state index is 14.6. The number of carbonyl (C=O) groups excluding carboxylic acids is 2. The van der Waals surface area contributed by atoms with E-state index in [0.717, 1.165) is 22.1 Å². The number of allylic oxidation sites excluding steroid dienone is 1. The molecule has 0 radical (unpaired) electrons. The summed E-state index contributed by atoms with van der Waals surface area (Å²) < 4.78 is 13.8. The van der Waals surface area contributed by atoms with E-state index in [0.29, 0.717) is 45.9 Å². The van der Waals surface area contributed by atoms with Crippen LogP contribution < -0.4 is 24.5 Å². The van der Waals surface area contributed by atoms with Gasteiger partial charge in [0.05, 0.1) is 42.8 Å². The number of rotatable bonds is 8. The van der Waals surface area contributed by atoms with Crippen LogP contribution in [0.4, 0.5) is 5.69 Å². The number of para-hydroxylation sites is 1. The summed E-state index contributed by atoms with van der Waals surface area (Å²) in [6.45, 7) is 4.28. The summed E-state index contributed by atoms with van der Waals surface area (Å²) in [6.07, 6.45) is 1.23. The smallest absolute Gasteiger partial charge is 0.338 e. The zero-order valence-electron chi connectivity index (χ0n) is 24.5. The van der Waals surface area contributed by atoms with Crippen LogP contribution in [-0.4, -0.2) is 30.2 Å². The van der Waals surface area contributed by atoms with Gasteiger partial charge >= 0.3 is 5.97 Å². The quantitative estimate of drug-likeness (QED) is 0.238. The molecule has 0 saturated heterocycles. The summed E-state index contributed by atoms with van der Waals surface area (Å²) in [6, 6.07) is 21.9. The summed E-state index contributed by atoms with van der Waals surface area (Å²) in [5.41, 5.74) is 3.78. The lowest BCUT2D eigenvalue weighted by Gasteiger charge is -2.27. The predicted octanol–water partition coefficient (Wildman–Crippen LogP) is 5.27. The Morgan fingerprint density at radius 2 is 1.77 bits per heavy atom. The van der Waals surface area contributed by atoms with Crippen molar-refractivity contribution in [2.24, 2.45) is 4.99 Å². The van der Waals surface area contributed by atoms with Gasteiger partial charge in [-0.3, -0.25) is 14.2 Å². The third kappa shape index (κ3) is 5.11. The van der Waals surface area contributed by atoms with Crippen LogP contribution in [-0.2, 0) is 20.9 Å². The van der Waals surface area contributed by atoms with E-state index in [4.69, 9.17) is 14.5 Å². The van der Waals surface area contributed by atoms with Crippen molar-refractivity contribution >= 4 is 50.4 Å². The molecular formula is C34H30BrN3O5S. The number of carbonyl (C=O) groups is 2. The Labute approximate surface area is 266 Å². The van der Waals surface area contributed by atoms with Crippen LogP contribution in [0.5, 0.6) is 5.75 Å². The molecule has 1 aromatic heterocycles. The van der Waals surface area contributed by atoms with Gasteiger partial charge in [0, 0.05) is 15.6 Å². The molecule has 2 aliphatic heterocycles. The van der Waals surface area contributed by atoms with E-state index in [9.17, 15) is 14.4 Å². The average molecular weight is 673 g/mol. The number of hydrogen-bond donors (Lipinski definition) is 0. The highest BCUT2D eigenvalue weighted by molar-refractivity contribution is 9.10. The predicted molar refractivity (Wildman–Crippen MR) is 173 cm³/mol. The molecule has 0 spiro atoms. The molecule has 1 amide bonds. The number of thiazole rings is 1. The van der Waals surface area contributed by atoms with E-state index in [-0.39, 0.29) is 22.6 Å². The minimum atomic E-state index is -0.874. The summed E-state index contributed by atoms with van der Waals surface area (Å²) in [5.74, 6) is -0.288. The van der Waals surface area contributed by atoms with Crippen molar-refractivity contribution in [3.05, 3.63) is 125 Å². The number of anilines is 1. The molecule has 0 unspecified atom stereocenters. The molecule has 0 saturated carbocycles. The Kier molecular flexibility index (Phi) is 8.38. The fourth-order valence-electron chi connectivity index (χ4n) is 5.81. The first kappa shape index (κ1) is 29.8. The first-order valence-electron chi connectivity index (χ1n) is 14.4. The number of benzene rings is 3. The van der Waals surface area contributed by atoms with E-state index in [1.807, 2.05) is 73.7 Å². The largest absolute Gasteiger partial charge is 0.496 e. The second-order valence-electron chi connectivity index (χ2n) is 10.4. The Morgan fingerprint density at radius 3 is 2.50 bits per heavy atom. The van der Waals surface area contributed by atoms with Crippen LogP contribution in [0.25, 0.3) is 5.57 Å². The molecule has 6 rings (SSSR count). The molecule has 224 valence electrons. The van der Waals surface area contributed by atoms with Gasteiger partial charge in [0.25, 0.3) is 11.5 Å². The summed E-state index contributed by atoms with van der Waals surface area (Å²) in [7, 11) is 1.55. The molecule has 3 aromatic carbocycles. The van der Waals surface area contributed by atoms with Gasteiger partial charge in [0.2, 0.25) is 0 Å². The second-order valence-corrected chi connectivity index (χ2v) is 12.3. The molecule has 0 bridgehead atoms. The maximum atomic E-state index is 14.6. The summed E-state index contributed by atoms with van der Waals surface area (Å²) in [4.78, 5) is 49.3. The highest BCUT2D eigenvalue weighted by atomic mass is 79.9. The van der Waals surface area contributed by atoms with Gasteiger partial charge in [-0.05, 0) is 43.2 Å². The first-order valence-corrected chi connectivity index (χ1v) is 16.0. The molecule has 2 aliphatic rings. The van der Waals surface area contributed by atoms with E-state index in [1.54, 1.807) is 25.0 Å². The number of ether oxygens (including phenoxy) is 2. The lowest BCUT2D eigenvalue weighted by atomic mass is 9.93. The van der Waals surface area contributed by atoms with Crippen molar-refractivity contribution in [3.63, 3.8) is 0 Å². The molecular weight excluding hydrogens is 642 g/mol. The van der Waals surface area contributed by atoms with Crippen molar-refractivity contribution in [2.75, 3.05) is 18.6 Å². The fourth-order valence-corrected chi connectivity index (χ4v) is 7.30. The van der Waals surface area contributed by atoms with Gasteiger partial charge in [-0.2, -0.15) is 0 Å². The van der Waals surface area contributed by atoms with Crippen molar-refractivity contribution in [1.82, 2.24) is 4.57 Å². The number of halogens is 1.